The van der Waals surface area contributed by atoms with Gasteiger partial charge in [-0.2, -0.15) is 5.10 Å². The van der Waals surface area contributed by atoms with Crippen molar-refractivity contribution in [2.24, 2.45) is 0 Å². The van der Waals surface area contributed by atoms with Gasteiger partial charge in [0.15, 0.2) is 0 Å². The van der Waals surface area contributed by atoms with Crippen molar-refractivity contribution in [3.8, 4) is 28.2 Å². The third-order valence-electron chi connectivity index (χ3n) is 9.04. The fourth-order valence-electron chi connectivity index (χ4n) is 7.03. The molecule has 9 rings (SSSR count). The molecule has 0 atom stereocenters. The molecule has 0 radical (unpaired) electrons. The summed E-state index contributed by atoms with van der Waals surface area (Å²) in [6.07, 6.45) is 8.45. The van der Waals surface area contributed by atoms with Crippen LogP contribution < -0.4 is 5.32 Å². The maximum absolute atomic E-state index is 7.44. The molecule has 0 bridgehead atoms. The fourth-order valence-corrected chi connectivity index (χ4v) is 7.03. The first-order valence-electron chi connectivity index (χ1n) is 16.0. The Hall–Kier alpha value is -6.66. The van der Waals surface area contributed by atoms with Crippen LogP contribution >= 0.6 is 0 Å². The highest BCUT2D eigenvalue weighted by molar-refractivity contribution is 6.10. The number of nitrogens with one attached hydrogen (secondary N) is 2. The SMILES string of the molecule is N=C/C=C\Nc1cc(-c2cc(-n3c4ccccc4c4ccccc43)cc(-n3c4ccccc4c4ccccc43)c2)cc(-n2cccn2)c1. The van der Waals surface area contributed by atoms with E-state index in [-0.39, 0.29) is 0 Å². The summed E-state index contributed by atoms with van der Waals surface area (Å²) in [5.41, 5.74) is 10.7. The van der Waals surface area contributed by atoms with E-state index in [0.717, 1.165) is 55.9 Å². The molecule has 0 aliphatic carbocycles. The second-order valence-corrected chi connectivity index (χ2v) is 11.9. The molecule has 228 valence electrons. The molecule has 0 saturated heterocycles. The minimum absolute atomic E-state index is 0.900. The van der Waals surface area contributed by atoms with Gasteiger partial charge in [-0.15, -0.1) is 0 Å². The summed E-state index contributed by atoms with van der Waals surface area (Å²) in [7, 11) is 0. The van der Waals surface area contributed by atoms with E-state index in [1.54, 1.807) is 18.5 Å². The number of hydrogen-bond donors (Lipinski definition) is 2. The quantitative estimate of drug-likeness (QED) is 0.175. The van der Waals surface area contributed by atoms with Gasteiger partial charge in [-0.25, -0.2) is 4.68 Å². The number of nitrogens with zero attached hydrogens (tertiary/aromatic N) is 4. The lowest BCUT2D eigenvalue weighted by Crippen LogP contribution is -2.01. The molecule has 0 amide bonds. The van der Waals surface area contributed by atoms with E-state index in [4.69, 9.17) is 5.41 Å². The lowest BCUT2D eigenvalue weighted by Gasteiger charge is -2.17. The third kappa shape index (κ3) is 4.50. The highest BCUT2D eigenvalue weighted by atomic mass is 15.3. The van der Waals surface area contributed by atoms with Gasteiger partial charge in [-0.1, -0.05) is 72.8 Å². The Morgan fingerprint density at radius 3 is 1.48 bits per heavy atom. The Morgan fingerprint density at radius 1 is 0.521 bits per heavy atom. The lowest BCUT2D eigenvalue weighted by atomic mass is 10.0. The molecule has 9 aromatic rings. The van der Waals surface area contributed by atoms with E-state index in [0.29, 0.717) is 0 Å². The van der Waals surface area contributed by atoms with Gasteiger partial charge in [-0.05, 0) is 83.9 Å². The predicted octanol–water partition coefficient (Wildman–Crippen LogP) is 10.3. The van der Waals surface area contributed by atoms with E-state index in [1.807, 2.05) is 16.9 Å². The Bertz CT molecular complexity index is 2430. The molecule has 48 heavy (non-hydrogen) atoms. The number of allylic oxidation sites excluding steroid dienone is 1. The van der Waals surface area contributed by atoms with Crippen molar-refractivity contribution in [1.29, 1.82) is 5.41 Å². The van der Waals surface area contributed by atoms with Crippen LogP contribution in [0.3, 0.4) is 0 Å². The predicted molar refractivity (Wildman–Crippen MR) is 199 cm³/mol. The normalized spacial score (nSPS) is 11.8. The molecule has 0 aliphatic heterocycles. The number of hydrogen-bond acceptors (Lipinski definition) is 3. The number of aromatic nitrogens is 4. The third-order valence-corrected chi connectivity index (χ3v) is 9.04. The van der Waals surface area contributed by atoms with Crippen LogP contribution in [0.2, 0.25) is 0 Å². The zero-order valence-corrected chi connectivity index (χ0v) is 26.0. The van der Waals surface area contributed by atoms with Gasteiger partial charge in [0.05, 0.1) is 27.8 Å². The first-order chi connectivity index (χ1) is 23.8. The smallest absolute Gasteiger partial charge is 0.0672 e. The van der Waals surface area contributed by atoms with Gasteiger partial charge in [0.25, 0.3) is 0 Å². The van der Waals surface area contributed by atoms with Crippen LogP contribution in [-0.4, -0.2) is 25.1 Å². The van der Waals surface area contributed by atoms with Crippen LogP contribution in [0, 0.1) is 5.41 Å². The molecular weight excluding hydrogens is 589 g/mol. The van der Waals surface area contributed by atoms with Crippen LogP contribution in [-0.2, 0) is 0 Å². The van der Waals surface area contributed by atoms with E-state index >= 15 is 0 Å². The summed E-state index contributed by atoms with van der Waals surface area (Å²) in [5.74, 6) is 0. The van der Waals surface area contributed by atoms with Crippen molar-refractivity contribution >= 4 is 55.5 Å². The van der Waals surface area contributed by atoms with Crippen LogP contribution in [0.25, 0.3) is 71.8 Å². The zero-order valence-electron chi connectivity index (χ0n) is 26.0. The van der Waals surface area contributed by atoms with Crippen LogP contribution in [0.4, 0.5) is 5.69 Å². The first-order valence-corrected chi connectivity index (χ1v) is 16.0. The topological polar surface area (TPSA) is 63.6 Å². The van der Waals surface area contributed by atoms with Crippen LogP contribution in [0.15, 0.2) is 164 Å². The van der Waals surface area contributed by atoms with Gasteiger partial charge >= 0.3 is 0 Å². The molecule has 0 unspecified atom stereocenters. The number of para-hydroxylation sites is 4. The summed E-state index contributed by atoms with van der Waals surface area (Å²) < 4.78 is 6.64. The average Bonchev–Trinajstić information content (AvgIpc) is 3.87. The second-order valence-electron chi connectivity index (χ2n) is 11.9. The fraction of sp³-hybridized carbons (Fsp3) is 0. The molecule has 0 aliphatic rings. The summed E-state index contributed by atoms with van der Waals surface area (Å²) >= 11 is 0. The van der Waals surface area contributed by atoms with Gasteiger partial charge < -0.3 is 19.9 Å². The molecule has 6 nitrogen and oxygen atoms in total. The van der Waals surface area contributed by atoms with Crippen LogP contribution in [0.5, 0.6) is 0 Å². The first kappa shape index (κ1) is 27.6. The highest BCUT2D eigenvalue weighted by Gasteiger charge is 2.17. The molecule has 6 aromatic carbocycles. The Kier molecular flexibility index (Phi) is 6.50. The molecule has 6 heteroatoms. The number of fused-ring (bicyclic) bond motifs is 6. The van der Waals surface area contributed by atoms with E-state index in [9.17, 15) is 0 Å². The van der Waals surface area contributed by atoms with E-state index in [1.165, 1.54) is 27.8 Å². The summed E-state index contributed by atoms with van der Waals surface area (Å²) in [6, 6.07) is 49.8. The monoisotopic (exact) mass is 618 g/mol. The van der Waals surface area contributed by atoms with Crippen molar-refractivity contribution in [3.05, 3.63) is 164 Å². The van der Waals surface area contributed by atoms with E-state index < -0.39 is 0 Å². The lowest BCUT2D eigenvalue weighted by molar-refractivity contribution is 0.881. The van der Waals surface area contributed by atoms with Crippen molar-refractivity contribution < 1.29 is 0 Å². The average molecular weight is 619 g/mol. The van der Waals surface area contributed by atoms with Gasteiger partial charge in [-0.3, -0.25) is 0 Å². The molecule has 3 heterocycles. The molecule has 0 fully saturated rings. The molecular formula is C42H30N6. The van der Waals surface area contributed by atoms with Crippen molar-refractivity contribution in [2.45, 2.75) is 0 Å². The molecule has 2 N–H and O–H groups in total. The molecule has 0 saturated carbocycles. The number of benzene rings is 6. The minimum Gasteiger partial charge on any atom is -0.362 e. The van der Waals surface area contributed by atoms with Crippen molar-refractivity contribution in [1.82, 2.24) is 18.9 Å². The Labute approximate surface area is 276 Å². The van der Waals surface area contributed by atoms with Gasteiger partial charge in [0, 0.05) is 63.4 Å². The van der Waals surface area contributed by atoms with Crippen LogP contribution in [0.1, 0.15) is 0 Å². The van der Waals surface area contributed by atoms with Gasteiger partial charge in [0.2, 0.25) is 0 Å². The maximum atomic E-state index is 7.44. The van der Waals surface area contributed by atoms with Crippen molar-refractivity contribution in [3.63, 3.8) is 0 Å². The minimum atomic E-state index is 0.900. The van der Waals surface area contributed by atoms with Crippen molar-refractivity contribution in [2.75, 3.05) is 5.32 Å². The van der Waals surface area contributed by atoms with Gasteiger partial charge in [0.1, 0.15) is 0 Å². The molecule has 0 spiro atoms. The summed E-state index contributed by atoms with van der Waals surface area (Å²) in [5, 5.41) is 20.2. The maximum Gasteiger partial charge on any atom is 0.0672 e. The Morgan fingerprint density at radius 2 is 1.00 bits per heavy atom. The highest BCUT2D eigenvalue weighted by Crippen LogP contribution is 2.38. The number of anilines is 1. The second kappa shape index (κ2) is 11.3. The molecule has 3 aromatic heterocycles. The number of rotatable bonds is 7. The summed E-state index contributed by atoms with van der Waals surface area (Å²) in [6.45, 7) is 0. The zero-order chi connectivity index (χ0) is 32.0. The largest absolute Gasteiger partial charge is 0.362 e. The standard InChI is InChI=1S/C42H30N6/c43-19-9-20-44-31-23-29(24-32(27-31)46-22-10-21-45-46)30-25-33(47-39-15-5-1-11-35(39)36-12-2-6-16-40(36)47)28-34(26-30)48-41-17-7-3-13-37(41)38-14-4-8-18-42(38)48/h1-28,43-44H/b20-9-,43-19?. The summed E-state index contributed by atoms with van der Waals surface area (Å²) in [4.78, 5) is 0. The Balaban J connectivity index is 1.37. The van der Waals surface area contributed by atoms with E-state index in [2.05, 4.69) is 153 Å².